The minimum atomic E-state index is -5.17. The summed E-state index contributed by atoms with van der Waals surface area (Å²) < 4.78 is 68.2. The molecule has 0 aromatic carbocycles. The van der Waals surface area contributed by atoms with Crippen molar-refractivity contribution < 1.29 is 78.5 Å². The fourth-order valence-electron chi connectivity index (χ4n) is 0.894. The molecule has 0 rings (SSSR count). The average Bonchev–Trinajstić information content (AvgIpc) is 2.56. The first-order chi connectivity index (χ1) is 13.7. The maximum absolute atomic E-state index is 8.52. The third kappa shape index (κ3) is 344. The SMILES string of the molecule is CC[N-]CC.CC[N-]CC.CC[N-]CC.CC[N-]CC.O=S(=O)([O-])[O-].O=S(=O)([O-])[O-].[Ti+4].[Ti+4]. The molecule has 0 bridgehead atoms. The predicted octanol–water partition coefficient (Wildman–Crippen LogP) is 2.92. The van der Waals surface area contributed by atoms with Crippen molar-refractivity contribution in [2.24, 2.45) is 0 Å². The molecule has 0 unspecified atom stereocenters. The first-order valence-electron chi connectivity index (χ1n) is 9.52. The van der Waals surface area contributed by atoms with Crippen LogP contribution in [0.15, 0.2) is 0 Å². The minimum Gasteiger partial charge on any atom is -0.759 e. The third-order valence-corrected chi connectivity index (χ3v) is 1.79. The van der Waals surface area contributed by atoms with E-state index in [-0.39, 0.29) is 43.4 Å². The number of rotatable bonds is 8. The van der Waals surface area contributed by atoms with Crippen LogP contribution in [0.4, 0.5) is 0 Å². The molecule has 12 nitrogen and oxygen atoms in total. The summed E-state index contributed by atoms with van der Waals surface area (Å²) >= 11 is 0. The van der Waals surface area contributed by atoms with Gasteiger partial charge in [0.2, 0.25) is 0 Å². The van der Waals surface area contributed by atoms with Crippen LogP contribution in [0.25, 0.3) is 21.3 Å². The van der Waals surface area contributed by atoms with Crippen molar-refractivity contribution in [3.63, 3.8) is 0 Å². The Balaban J connectivity index is -0.0000000356. The quantitative estimate of drug-likeness (QED) is 0.237. The van der Waals surface area contributed by atoms with Gasteiger partial charge >= 0.3 is 43.4 Å². The first-order valence-corrected chi connectivity index (χ1v) is 12.2. The summed E-state index contributed by atoms with van der Waals surface area (Å²) in [5.41, 5.74) is 0. The molecule has 0 aromatic heterocycles. The molecule has 0 N–H and O–H groups in total. The summed E-state index contributed by atoms with van der Waals surface area (Å²) in [5, 5.41) is 15.9. The topological polar surface area (TPSA) is 217 Å². The van der Waals surface area contributed by atoms with Gasteiger partial charge in [-0.2, -0.15) is 52.4 Å². The Morgan fingerprint density at radius 3 is 0.469 bits per heavy atom. The predicted molar refractivity (Wildman–Crippen MR) is 119 cm³/mol. The number of hydrogen-bond acceptors (Lipinski definition) is 8. The van der Waals surface area contributed by atoms with Gasteiger partial charge in [0.15, 0.2) is 0 Å². The summed E-state index contributed by atoms with van der Waals surface area (Å²) in [5.74, 6) is 0. The van der Waals surface area contributed by atoms with Crippen molar-refractivity contribution >= 4 is 20.8 Å². The van der Waals surface area contributed by atoms with Crippen LogP contribution in [0.2, 0.25) is 0 Å². The molecule has 0 saturated carbocycles. The van der Waals surface area contributed by atoms with Crippen LogP contribution < -0.4 is 0 Å². The summed E-state index contributed by atoms with van der Waals surface area (Å²) in [6, 6.07) is 0. The maximum atomic E-state index is 8.52. The van der Waals surface area contributed by atoms with Gasteiger partial charge in [-0.15, -0.1) is 0 Å². The molecule has 0 aliphatic carbocycles. The van der Waals surface area contributed by atoms with Gasteiger partial charge in [0.25, 0.3) is 0 Å². The van der Waals surface area contributed by atoms with Gasteiger partial charge in [-0.05, 0) is 0 Å². The molecular formula is C16H40N4O8S2Ti2. The summed E-state index contributed by atoms with van der Waals surface area (Å²) in [6.45, 7) is 24.1. The smallest absolute Gasteiger partial charge is 0.759 e. The average molecular weight is 576 g/mol. The summed E-state index contributed by atoms with van der Waals surface area (Å²) in [7, 11) is -10.3. The molecule has 0 spiro atoms. The Kier molecular flexibility index (Phi) is 83.2. The molecular weight excluding hydrogens is 536 g/mol. The Morgan fingerprint density at radius 1 is 0.406 bits per heavy atom. The molecule has 0 saturated heterocycles. The Labute approximate surface area is 227 Å². The van der Waals surface area contributed by atoms with Crippen LogP contribution in [-0.4, -0.2) is 87.4 Å². The van der Waals surface area contributed by atoms with E-state index >= 15 is 0 Å². The Hall–Kier alpha value is 1.01. The second-order valence-corrected chi connectivity index (χ2v) is 5.87. The van der Waals surface area contributed by atoms with E-state index in [1.165, 1.54) is 0 Å². The monoisotopic (exact) mass is 576 g/mol. The number of nitrogens with zero attached hydrogens (tertiary/aromatic N) is 4. The second-order valence-electron chi connectivity index (χ2n) is 4.24. The third-order valence-electron chi connectivity index (χ3n) is 1.79. The van der Waals surface area contributed by atoms with Crippen molar-refractivity contribution in [3.05, 3.63) is 21.3 Å². The van der Waals surface area contributed by atoms with Gasteiger partial charge in [0.1, 0.15) is 0 Å². The molecule has 0 amide bonds. The fourth-order valence-corrected chi connectivity index (χ4v) is 0.894. The number of hydrogen-bond donors (Lipinski definition) is 0. The van der Waals surface area contributed by atoms with E-state index in [1.54, 1.807) is 0 Å². The van der Waals surface area contributed by atoms with Gasteiger partial charge in [-0.3, -0.25) is 16.8 Å². The minimum absolute atomic E-state index is 0. The Bertz CT molecular complexity index is 383. The molecule has 0 atom stereocenters. The van der Waals surface area contributed by atoms with Crippen molar-refractivity contribution in [2.75, 3.05) is 52.4 Å². The molecule has 0 heterocycles. The van der Waals surface area contributed by atoms with Crippen LogP contribution in [-0.2, 0) is 64.2 Å². The van der Waals surface area contributed by atoms with E-state index in [4.69, 9.17) is 35.0 Å². The molecule has 0 aliphatic rings. The molecule has 192 valence electrons. The molecule has 0 aromatic rings. The largest absolute Gasteiger partial charge is 4.00 e. The van der Waals surface area contributed by atoms with Crippen molar-refractivity contribution in [1.29, 1.82) is 0 Å². The van der Waals surface area contributed by atoms with Gasteiger partial charge in [-0.25, -0.2) is 0 Å². The van der Waals surface area contributed by atoms with Gasteiger partial charge in [0.05, 0.1) is 0 Å². The van der Waals surface area contributed by atoms with Gasteiger partial charge in [0, 0.05) is 20.8 Å². The van der Waals surface area contributed by atoms with Crippen LogP contribution in [0, 0.1) is 0 Å². The van der Waals surface area contributed by atoms with E-state index < -0.39 is 20.8 Å². The standard InChI is InChI=1S/4C4H10N.2H2O4S.2Ti/c4*1-3-5-4-2;2*1-5(2,3)4;;/h4*3-4H2,1-2H3;2*(H2,1,2,3,4);;/q4*-1;;;2*+4/p-4. The zero-order valence-electron chi connectivity index (χ0n) is 20.5. The van der Waals surface area contributed by atoms with Crippen molar-refractivity contribution in [3.8, 4) is 0 Å². The molecule has 16 heteroatoms. The van der Waals surface area contributed by atoms with Crippen LogP contribution >= 0.6 is 0 Å². The Morgan fingerprint density at radius 2 is 0.469 bits per heavy atom. The van der Waals surface area contributed by atoms with Crippen LogP contribution in [0.3, 0.4) is 0 Å². The summed E-state index contributed by atoms with van der Waals surface area (Å²) in [6.07, 6.45) is 0. The molecule has 0 fully saturated rings. The molecule has 32 heavy (non-hydrogen) atoms. The molecule has 0 radical (unpaired) electrons. The van der Waals surface area contributed by atoms with Crippen molar-refractivity contribution in [2.45, 2.75) is 55.4 Å². The zero-order valence-corrected chi connectivity index (χ0v) is 25.3. The molecule has 0 aliphatic heterocycles. The van der Waals surface area contributed by atoms with Gasteiger partial charge < -0.3 is 39.5 Å². The fraction of sp³-hybridized carbons (Fsp3) is 1.00. The normalized spacial score (nSPS) is 8.88. The van der Waals surface area contributed by atoms with E-state index in [2.05, 4.69) is 21.3 Å². The first kappa shape index (κ1) is 54.1. The van der Waals surface area contributed by atoms with Gasteiger partial charge in [-0.1, -0.05) is 55.4 Å². The van der Waals surface area contributed by atoms with E-state index in [1.807, 2.05) is 55.4 Å². The van der Waals surface area contributed by atoms with Crippen molar-refractivity contribution in [1.82, 2.24) is 0 Å². The second kappa shape index (κ2) is 49.2. The van der Waals surface area contributed by atoms with Crippen LogP contribution in [0.5, 0.6) is 0 Å². The van der Waals surface area contributed by atoms with E-state index in [9.17, 15) is 0 Å². The summed E-state index contributed by atoms with van der Waals surface area (Å²) in [4.78, 5) is 0. The van der Waals surface area contributed by atoms with Crippen LogP contribution in [0.1, 0.15) is 55.4 Å². The van der Waals surface area contributed by atoms with E-state index in [0.29, 0.717) is 0 Å². The zero-order chi connectivity index (χ0) is 25.5. The maximum Gasteiger partial charge on any atom is 4.00 e. The van der Waals surface area contributed by atoms with E-state index in [0.717, 1.165) is 52.4 Å².